The Labute approximate surface area is 181 Å². The summed E-state index contributed by atoms with van der Waals surface area (Å²) in [4.78, 5) is 40.8. The van der Waals surface area contributed by atoms with Gasteiger partial charge in [0.25, 0.3) is 0 Å². The molecule has 30 heavy (non-hydrogen) atoms. The van der Waals surface area contributed by atoms with Crippen LogP contribution >= 0.6 is 11.8 Å². The highest BCUT2D eigenvalue weighted by molar-refractivity contribution is 7.98. The number of esters is 1. The van der Waals surface area contributed by atoms with E-state index in [0.29, 0.717) is 5.75 Å². The van der Waals surface area contributed by atoms with E-state index in [0.717, 1.165) is 5.56 Å². The number of ether oxygens (including phenoxy) is 3. The molecule has 0 saturated carbocycles. The Kier molecular flexibility index (Phi) is 8.40. The number of rotatable bonds is 5. The summed E-state index contributed by atoms with van der Waals surface area (Å²) in [7, 11) is 1.25. The first-order valence-corrected chi connectivity index (χ1v) is 11.1. The lowest BCUT2D eigenvalue weighted by atomic mass is 10.1. The number of methoxy groups -OCH3 is 1. The summed E-state index contributed by atoms with van der Waals surface area (Å²) in [6, 6.07) is 8.00. The standard InChI is InChI=1S/C21H30N2O6S/c1-21(2,3)29-20(26)22-12-17(18(24)27-4)23(11-16(22)14-30-5)19(25)28-13-15-9-7-6-8-10-15/h6-10,16-17H,11-14H2,1-5H3/t16-,17+/m1/s1. The number of piperazine rings is 1. The van der Waals surface area contributed by atoms with Gasteiger partial charge in [-0.3, -0.25) is 9.80 Å². The average molecular weight is 439 g/mol. The molecule has 1 aromatic rings. The molecule has 0 aliphatic carbocycles. The molecular weight excluding hydrogens is 408 g/mol. The highest BCUT2D eigenvalue weighted by Crippen LogP contribution is 2.23. The van der Waals surface area contributed by atoms with Crippen molar-refractivity contribution in [2.24, 2.45) is 0 Å². The smallest absolute Gasteiger partial charge is 0.410 e. The molecule has 1 aromatic carbocycles. The minimum atomic E-state index is -0.969. The summed E-state index contributed by atoms with van der Waals surface area (Å²) in [6.45, 7) is 5.56. The monoisotopic (exact) mass is 438 g/mol. The van der Waals surface area contributed by atoms with Crippen molar-refractivity contribution in [3.05, 3.63) is 35.9 Å². The zero-order chi connectivity index (χ0) is 22.3. The lowest BCUT2D eigenvalue weighted by Crippen LogP contribution is -2.64. The number of thioether (sulfide) groups is 1. The highest BCUT2D eigenvalue weighted by atomic mass is 32.2. The number of carbonyl (C=O) groups excluding carboxylic acids is 3. The second-order valence-corrected chi connectivity index (χ2v) is 8.88. The summed E-state index contributed by atoms with van der Waals surface area (Å²) in [5.74, 6) is -0.0295. The van der Waals surface area contributed by atoms with Gasteiger partial charge in [0, 0.05) is 12.3 Å². The molecular formula is C21H30N2O6S. The van der Waals surface area contributed by atoms with Gasteiger partial charge < -0.3 is 14.2 Å². The molecule has 166 valence electrons. The van der Waals surface area contributed by atoms with Crippen LogP contribution in [0.15, 0.2) is 30.3 Å². The number of amides is 2. The normalized spacial score (nSPS) is 19.2. The maximum atomic E-state index is 12.8. The molecule has 1 aliphatic heterocycles. The number of nitrogens with zero attached hydrogens (tertiary/aromatic N) is 2. The van der Waals surface area contributed by atoms with E-state index in [1.54, 1.807) is 32.5 Å². The minimum Gasteiger partial charge on any atom is -0.467 e. The highest BCUT2D eigenvalue weighted by Gasteiger charge is 2.44. The Morgan fingerprint density at radius 1 is 1.07 bits per heavy atom. The van der Waals surface area contributed by atoms with Crippen LogP contribution in [-0.2, 0) is 25.6 Å². The Morgan fingerprint density at radius 2 is 1.73 bits per heavy atom. The summed E-state index contributed by atoms with van der Waals surface area (Å²) < 4.78 is 15.8. The van der Waals surface area contributed by atoms with Crippen molar-refractivity contribution in [1.29, 1.82) is 0 Å². The van der Waals surface area contributed by atoms with Crippen molar-refractivity contribution in [3.8, 4) is 0 Å². The molecule has 2 atom stereocenters. The third-order valence-corrected chi connectivity index (χ3v) is 5.21. The van der Waals surface area contributed by atoms with Gasteiger partial charge >= 0.3 is 18.2 Å². The lowest BCUT2D eigenvalue weighted by Gasteiger charge is -2.44. The van der Waals surface area contributed by atoms with Gasteiger partial charge in [-0.25, -0.2) is 14.4 Å². The number of carbonyl (C=O) groups is 3. The number of hydrogen-bond acceptors (Lipinski definition) is 7. The minimum absolute atomic E-state index is 0.0206. The third-order valence-electron chi connectivity index (χ3n) is 4.49. The Morgan fingerprint density at radius 3 is 2.30 bits per heavy atom. The van der Waals surface area contributed by atoms with Crippen molar-refractivity contribution >= 4 is 29.9 Å². The van der Waals surface area contributed by atoms with Gasteiger partial charge in [0.05, 0.1) is 19.7 Å². The quantitative estimate of drug-likeness (QED) is 0.516. The van der Waals surface area contributed by atoms with Gasteiger partial charge in [-0.15, -0.1) is 0 Å². The van der Waals surface area contributed by atoms with Gasteiger partial charge in [0.15, 0.2) is 6.04 Å². The van der Waals surface area contributed by atoms with Crippen LogP contribution in [0.4, 0.5) is 9.59 Å². The van der Waals surface area contributed by atoms with Crippen LogP contribution < -0.4 is 0 Å². The summed E-state index contributed by atoms with van der Waals surface area (Å²) in [6.07, 6.45) is 0.773. The molecule has 1 aliphatic rings. The number of hydrogen-bond donors (Lipinski definition) is 0. The van der Waals surface area contributed by atoms with Gasteiger partial charge in [-0.05, 0) is 32.6 Å². The van der Waals surface area contributed by atoms with Crippen molar-refractivity contribution in [2.45, 2.75) is 45.1 Å². The zero-order valence-electron chi connectivity index (χ0n) is 18.1. The molecule has 1 saturated heterocycles. The molecule has 2 rings (SSSR count). The Balaban J connectivity index is 2.19. The van der Waals surface area contributed by atoms with Crippen molar-refractivity contribution in [3.63, 3.8) is 0 Å². The van der Waals surface area contributed by atoms with Gasteiger partial charge in [0.1, 0.15) is 12.2 Å². The van der Waals surface area contributed by atoms with Crippen LogP contribution in [0.25, 0.3) is 0 Å². The van der Waals surface area contributed by atoms with Crippen LogP contribution in [-0.4, -0.2) is 77.8 Å². The molecule has 0 bridgehead atoms. The first-order valence-electron chi connectivity index (χ1n) is 9.70. The van der Waals surface area contributed by atoms with Gasteiger partial charge in [0.2, 0.25) is 0 Å². The van der Waals surface area contributed by atoms with Crippen molar-refractivity contribution < 1.29 is 28.6 Å². The molecule has 0 radical (unpaired) electrons. The molecule has 2 amide bonds. The predicted molar refractivity (Wildman–Crippen MR) is 114 cm³/mol. The van der Waals surface area contributed by atoms with Gasteiger partial charge in [-0.2, -0.15) is 11.8 Å². The molecule has 8 nitrogen and oxygen atoms in total. The number of benzene rings is 1. The maximum absolute atomic E-state index is 12.8. The van der Waals surface area contributed by atoms with Crippen LogP contribution in [0, 0.1) is 0 Å². The Hall–Kier alpha value is -2.42. The first kappa shape index (κ1) is 23.9. The van der Waals surface area contributed by atoms with Gasteiger partial charge in [-0.1, -0.05) is 30.3 Å². The zero-order valence-corrected chi connectivity index (χ0v) is 18.9. The molecule has 1 heterocycles. The van der Waals surface area contributed by atoms with Crippen LogP contribution in [0.5, 0.6) is 0 Å². The molecule has 9 heteroatoms. The van der Waals surface area contributed by atoms with E-state index in [1.807, 2.05) is 36.6 Å². The molecule has 0 N–H and O–H groups in total. The molecule has 0 aromatic heterocycles. The fraction of sp³-hybridized carbons (Fsp3) is 0.571. The maximum Gasteiger partial charge on any atom is 0.410 e. The summed E-state index contributed by atoms with van der Waals surface area (Å²) in [5.41, 5.74) is 0.168. The van der Waals surface area contributed by atoms with Crippen molar-refractivity contribution in [1.82, 2.24) is 9.80 Å². The molecule has 0 unspecified atom stereocenters. The van der Waals surface area contributed by atoms with E-state index < -0.39 is 29.8 Å². The lowest BCUT2D eigenvalue weighted by molar-refractivity contribution is -0.149. The van der Waals surface area contributed by atoms with Crippen molar-refractivity contribution in [2.75, 3.05) is 32.2 Å². The van der Waals surface area contributed by atoms with Crippen LogP contribution in [0.1, 0.15) is 26.3 Å². The van der Waals surface area contributed by atoms with Crippen LogP contribution in [0.2, 0.25) is 0 Å². The summed E-state index contributed by atoms with van der Waals surface area (Å²) >= 11 is 1.54. The largest absolute Gasteiger partial charge is 0.467 e. The predicted octanol–water partition coefficient (Wildman–Crippen LogP) is 3.15. The summed E-state index contributed by atoms with van der Waals surface area (Å²) in [5, 5.41) is 0. The van der Waals surface area contributed by atoms with E-state index in [1.165, 1.54) is 16.9 Å². The van der Waals surface area contributed by atoms with E-state index in [2.05, 4.69) is 0 Å². The fourth-order valence-electron chi connectivity index (χ4n) is 3.11. The first-order chi connectivity index (χ1) is 14.2. The molecule has 0 spiro atoms. The fourth-order valence-corrected chi connectivity index (χ4v) is 3.78. The van der Waals surface area contributed by atoms with Crippen LogP contribution in [0.3, 0.4) is 0 Å². The Bertz CT molecular complexity index is 737. The average Bonchev–Trinajstić information content (AvgIpc) is 2.70. The van der Waals surface area contributed by atoms with E-state index in [9.17, 15) is 14.4 Å². The van der Waals surface area contributed by atoms with E-state index in [4.69, 9.17) is 14.2 Å². The molecule has 1 fully saturated rings. The topological polar surface area (TPSA) is 85.4 Å². The second kappa shape index (κ2) is 10.6. The van der Waals surface area contributed by atoms with E-state index >= 15 is 0 Å². The third kappa shape index (κ3) is 6.55. The van der Waals surface area contributed by atoms with E-state index in [-0.39, 0.29) is 25.7 Å². The SMILES string of the molecule is COC(=O)[C@@H]1CN(C(=O)OC(C)(C)C)[C@@H](CSC)CN1C(=O)OCc1ccccc1. The second-order valence-electron chi connectivity index (χ2n) is 7.97.